The van der Waals surface area contributed by atoms with Gasteiger partial charge in [0.2, 0.25) is 0 Å². The fourth-order valence-electron chi connectivity index (χ4n) is 1.32. The zero-order valence-electron chi connectivity index (χ0n) is 8.75. The molecule has 2 rings (SSSR count). The first kappa shape index (κ1) is 9.64. The Morgan fingerprint density at radius 1 is 1.40 bits per heavy atom. The molecule has 0 bridgehead atoms. The van der Waals surface area contributed by atoms with Crippen LogP contribution in [0, 0.1) is 0 Å². The van der Waals surface area contributed by atoms with E-state index in [-0.39, 0.29) is 0 Å². The summed E-state index contributed by atoms with van der Waals surface area (Å²) in [4.78, 5) is 8.18. The molecule has 78 valence electrons. The van der Waals surface area contributed by atoms with Crippen molar-refractivity contribution in [3.8, 4) is 5.82 Å². The molecule has 5 heteroatoms. The lowest BCUT2D eigenvalue weighted by molar-refractivity contribution is 0.832. The minimum Gasteiger partial charge on any atom is -0.380 e. The van der Waals surface area contributed by atoms with Crippen molar-refractivity contribution in [1.82, 2.24) is 19.7 Å². The number of nitrogens with zero attached hydrogens (tertiary/aromatic N) is 4. The van der Waals surface area contributed by atoms with E-state index in [1.807, 2.05) is 12.1 Å². The van der Waals surface area contributed by atoms with Gasteiger partial charge >= 0.3 is 0 Å². The predicted octanol–water partition coefficient (Wildman–Crippen LogP) is 1.48. The molecular weight excluding hydrogens is 190 g/mol. The third kappa shape index (κ3) is 2.12. The van der Waals surface area contributed by atoms with Gasteiger partial charge in [0.05, 0.1) is 5.69 Å². The Morgan fingerprint density at radius 2 is 2.27 bits per heavy atom. The number of aromatic nitrogens is 4. The van der Waals surface area contributed by atoms with E-state index in [2.05, 4.69) is 34.2 Å². The van der Waals surface area contributed by atoms with E-state index in [9.17, 15) is 0 Å². The van der Waals surface area contributed by atoms with Crippen LogP contribution >= 0.6 is 0 Å². The van der Waals surface area contributed by atoms with Crippen molar-refractivity contribution in [2.75, 3.05) is 5.32 Å². The molecule has 0 atom stereocenters. The second kappa shape index (κ2) is 4.08. The van der Waals surface area contributed by atoms with Crippen LogP contribution in [0.3, 0.4) is 0 Å². The van der Waals surface area contributed by atoms with Crippen LogP contribution in [-0.2, 0) is 0 Å². The Kier molecular flexibility index (Phi) is 2.62. The van der Waals surface area contributed by atoms with E-state index in [1.54, 1.807) is 17.2 Å². The number of pyridine rings is 1. The zero-order chi connectivity index (χ0) is 10.7. The quantitative estimate of drug-likeness (QED) is 0.821. The summed E-state index contributed by atoms with van der Waals surface area (Å²) < 4.78 is 1.64. The molecule has 2 aromatic rings. The fourth-order valence-corrected chi connectivity index (χ4v) is 1.32. The molecule has 0 aliphatic heterocycles. The van der Waals surface area contributed by atoms with E-state index < -0.39 is 0 Å². The van der Waals surface area contributed by atoms with Crippen molar-refractivity contribution >= 4 is 5.69 Å². The summed E-state index contributed by atoms with van der Waals surface area (Å²) in [5.74, 6) is 0.767. The average molecular weight is 203 g/mol. The summed E-state index contributed by atoms with van der Waals surface area (Å²) in [5, 5.41) is 7.37. The van der Waals surface area contributed by atoms with Crippen LogP contribution in [0.2, 0.25) is 0 Å². The molecule has 0 aliphatic carbocycles. The largest absolute Gasteiger partial charge is 0.380 e. The first-order valence-electron chi connectivity index (χ1n) is 4.84. The smallest absolute Gasteiger partial charge is 0.178 e. The SMILES string of the molecule is CC(C)Nc1cccnc1-n1cncn1. The van der Waals surface area contributed by atoms with E-state index in [1.165, 1.54) is 6.33 Å². The molecule has 0 aromatic carbocycles. The molecule has 0 saturated heterocycles. The van der Waals surface area contributed by atoms with Crippen LogP contribution < -0.4 is 5.32 Å². The van der Waals surface area contributed by atoms with Crippen LogP contribution in [0.25, 0.3) is 5.82 Å². The van der Waals surface area contributed by atoms with Crippen LogP contribution in [0.5, 0.6) is 0 Å². The predicted molar refractivity (Wildman–Crippen MR) is 57.9 cm³/mol. The van der Waals surface area contributed by atoms with Gasteiger partial charge in [-0.15, -0.1) is 0 Å². The van der Waals surface area contributed by atoms with Crippen LogP contribution in [0.15, 0.2) is 31.0 Å². The van der Waals surface area contributed by atoms with Crippen LogP contribution in [-0.4, -0.2) is 25.8 Å². The van der Waals surface area contributed by atoms with Gasteiger partial charge in [-0.05, 0) is 26.0 Å². The maximum atomic E-state index is 4.27. The van der Waals surface area contributed by atoms with Gasteiger partial charge in [-0.2, -0.15) is 5.10 Å². The molecule has 0 saturated carbocycles. The molecule has 15 heavy (non-hydrogen) atoms. The van der Waals surface area contributed by atoms with Gasteiger partial charge in [0, 0.05) is 12.2 Å². The second-order valence-electron chi connectivity index (χ2n) is 3.51. The molecule has 0 spiro atoms. The molecule has 0 fully saturated rings. The summed E-state index contributed by atoms with van der Waals surface area (Å²) in [5.41, 5.74) is 0.956. The zero-order valence-corrected chi connectivity index (χ0v) is 8.75. The minimum absolute atomic E-state index is 0.358. The normalized spacial score (nSPS) is 10.6. The monoisotopic (exact) mass is 203 g/mol. The van der Waals surface area contributed by atoms with Crippen molar-refractivity contribution < 1.29 is 0 Å². The first-order valence-corrected chi connectivity index (χ1v) is 4.84. The third-order valence-electron chi connectivity index (χ3n) is 1.87. The molecule has 1 N–H and O–H groups in total. The van der Waals surface area contributed by atoms with Crippen LogP contribution in [0.1, 0.15) is 13.8 Å². The van der Waals surface area contributed by atoms with Crippen molar-refractivity contribution in [3.63, 3.8) is 0 Å². The number of hydrogen-bond donors (Lipinski definition) is 1. The van der Waals surface area contributed by atoms with Gasteiger partial charge in [-0.1, -0.05) is 0 Å². The van der Waals surface area contributed by atoms with Crippen molar-refractivity contribution in [1.29, 1.82) is 0 Å². The number of rotatable bonds is 3. The Hall–Kier alpha value is -1.91. The molecule has 2 heterocycles. The van der Waals surface area contributed by atoms with Gasteiger partial charge in [-0.3, -0.25) is 0 Å². The lowest BCUT2D eigenvalue weighted by Crippen LogP contribution is -2.13. The fraction of sp³-hybridized carbons (Fsp3) is 0.300. The first-order chi connectivity index (χ1) is 7.27. The standard InChI is InChI=1S/C10H13N5/c1-8(2)14-9-4-3-5-12-10(9)15-7-11-6-13-15/h3-8,14H,1-2H3. The van der Waals surface area contributed by atoms with Gasteiger partial charge in [0.15, 0.2) is 5.82 Å². The Morgan fingerprint density at radius 3 is 2.93 bits per heavy atom. The summed E-state index contributed by atoms with van der Waals surface area (Å²) >= 11 is 0. The third-order valence-corrected chi connectivity index (χ3v) is 1.87. The van der Waals surface area contributed by atoms with Crippen molar-refractivity contribution in [2.45, 2.75) is 19.9 Å². The molecule has 0 unspecified atom stereocenters. The molecule has 0 radical (unpaired) electrons. The van der Waals surface area contributed by atoms with E-state index in [4.69, 9.17) is 0 Å². The molecule has 0 aliphatic rings. The van der Waals surface area contributed by atoms with Crippen LogP contribution in [0.4, 0.5) is 5.69 Å². The topological polar surface area (TPSA) is 55.6 Å². The Bertz CT molecular complexity index is 421. The van der Waals surface area contributed by atoms with Crippen molar-refractivity contribution in [2.24, 2.45) is 0 Å². The lowest BCUT2D eigenvalue weighted by atomic mass is 10.3. The molecule has 0 amide bonds. The highest BCUT2D eigenvalue weighted by molar-refractivity contribution is 5.56. The van der Waals surface area contributed by atoms with Gasteiger partial charge in [0.1, 0.15) is 12.7 Å². The second-order valence-corrected chi connectivity index (χ2v) is 3.51. The summed E-state index contributed by atoms with van der Waals surface area (Å²) in [6.07, 6.45) is 4.87. The summed E-state index contributed by atoms with van der Waals surface area (Å²) in [6.45, 7) is 4.16. The van der Waals surface area contributed by atoms with Gasteiger partial charge in [-0.25, -0.2) is 14.6 Å². The number of anilines is 1. The lowest BCUT2D eigenvalue weighted by Gasteiger charge is -2.12. The molecule has 2 aromatic heterocycles. The summed E-state index contributed by atoms with van der Waals surface area (Å²) in [7, 11) is 0. The van der Waals surface area contributed by atoms with Gasteiger partial charge < -0.3 is 5.32 Å². The maximum absolute atomic E-state index is 4.27. The minimum atomic E-state index is 0.358. The van der Waals surface area contributed by atoms with Gasteiger partial charge in [0.25, 0.3) is 0 Å². The molecular formula is C10H13N5. The molecule has 5 nitrogen and oxygen atoms in total. The Balaban J connectivity index is 2.38. The summed E-state index contributed by atoms with van der Waals surface area (Å²) in [6, 6.07) is 4.23. The number of hydrogen-bond acceptors (Lipinski definition) is 4. The average Bonchev–Trinajstić information content (AvgIpc) is 2.70. The maximum Gasteiger partial charge on any atom is 0.178 e. The van der Waals surface area contributed by atoms with E-state index in [0.29, 0.717) is 6.04 Å². The van der Waals surface area contributed by atoms with E-state index >= 15 is 0 Å². The highest BCUT2D eigenvalue weighted by Gasteiger charge is 2.06. The highest BCUT2D eigenvalue weighted by Crippen LogP contribution is 2.16. The van der Waals surface area contributed by atoms with E-state index in [0.717, 1.165) is 11.5 Å². The van der Waals surface area contributed by atoms with Crippen molar-refractivity contribution in [3.05, 3.63) is 31.0 Å². The number of nitrogens with one attached hydrogen (secondary N) is 1. The Labute approximate surface area is 88.2 Å². The highest BCUT2D eigenvalue weighted by atomic mass is 15.3.